The van der Waals surface area contributed by atoms with E-state index in [4.69, 9.17) is 4.42 Å². The Morgan fingerprint density at radius 2 is 1.77 bits per heavy atom. The standard InChI is InChI=1S/C23H19F3N2O3/c1-14-3-4-16(15(2)11-14)5-8-21(29)28-20-7-6-18(12-19(20)23(24,25)26)27-22(30)17-9-10-31-13-17/h3-13H,1-2H3,(H,27,30)(H,28,29)/b8-5+. The predicted molar refractivity (Wildman–Crippen MR) is 112 cm³/mol. The van der Waals surface area contributed by atoms with Crippen LogP contribution in [-0.4, -0.2) is 11.8 Å². The number of carbonyl (C=O) groups is 2. The second kappa shape index (κ2) is 8.91. The summed E-state index contributed by atoms with van der Waals surface area (Å²) in [6.45, 7) is 3.82. The predicted octanol–water partition coefficient (Wildman–Crippen LogP) is 5.82. The molecular weight excluding hydrogens is 409 g/mol. The summed E-state index contributed by atoms with van der Waals surface area (Å²) in [6.07, 6.45) is 0.427. The topological polar surface area (TPSA) is 71.3 Å². The summed E-state index contributed by atoms with van der Waals surface area (Å²) in [5, 5.41) is 4.62. The first-order chi connectivity index (χ1) is 14.6. The lowest BCUT2D eigenvalue weighted by Crippen LogP contribution is -2.16. The number of nitrogens with one attached hydrogen (secondary N) is 2. The molecule has 0 radical (unpaired) electrons. The number of amides is 2. The fourth-order valence-corrected chi connectivity index (χ4v) is 2.91. The van der Waals surface area contributed by atoms with Crippen LogP contribution in [-0.2, 0) is 11.0 Å². The third-order valence-electron chi connectivity index (χ3n) is 4.46. The van der Waals surface area contributed by atoms with Crippen molar-refractivity contribution in [3.63, 3.8) is 0 Å². The number of rotatable bonds is 5. The lowest BCUT2D eigenvalue weighted by molar-refractivity contribution is -0.136. The molecule has 0 saturated heterocycles. The first kappa shape index (κ1) is 21.9. The molecule has 2 aromatic carbocycles. The van der Waals surface area contributed by atoms with Gasteiger partial charge in [0, 0.05) is 11.8 Å². The van der Waals surface area contributed by atoms with E-state index in [0.29, 0.717) is 0 Å². The number of anilines is 2. The molecule has 1 aromatic heterocycles. The monoisotopic (exact) mass is 428 g/mol. The van der Waals surface area contributed by atoms with Crippen LogP contribution in [0.15, 0.2) is 65.5 Å². The largest absolute Gasteiger partial charge is 0.472 e. The van der Waals surface area contributed by atoms with Gasteiger partial charge in [0.1, 0.15) is 6.26 Å². The van der Waals surface area contributed by atoms with Gasteiger partial charge in [-0.25, -0.2) is 0 Å². The normalized spacial score (nSPS) is 11.5. The minimum atomic E-state index is -4.74. The quantitative estimate of drug-likeness (QED) is 0.503. The highest BCUT2D eigenvalue weighted by Gasteiger charge is 2.34. The second-order valence-corrected chi connectivity index (χ2v) is 6.91. The lowest BCUT2D eigenvalue weighted by atomic mass is 10.1. The Kier molecular flexibility index (Phi) is 6.29. The summed E-state index contributed by atoms with van der Waals surface area (Å²) in [5.74, 6) is -1.32. The average molecular weight is 428 g/mol. The van der Waals surface area contributed by atoms with Gasteiger partial charge in [0.05, 0.1) is 23.1 Å². The number of hydrogen-bond donors (Lipinski definition) is 2. The highest BCUT2D eigenvalue weighted by atomic mass is 19.4. The molecule has 5 nitrogen and oxygen atoms in total. The second-order valence-electron chi connectivity index (χ2n) is 6.91. The van der Waals surface area contributed by atoms with E-state index in [0.717, 1.165) is 28.8 Å². The van der Waals surface area contributed by atoms with E-state index in [9.17, 15) is 22.8 Å². The lowest BCUT2D eigenvalue weighted by Gasteiger charge is -2.15. The van der Waals surface area contributed by atoms with Crippen molar-refractivity contribution in [1.82, 2.24) is 0 Å². The van der Waals surface area contributed by atoms with Crippen molar-refractivity contribution in [2.45, 2.75) is 20.0 Å². The molecule has 3 rings (SSSR count). The van der Waals surface area contributed by atoms with Crippen LogP contribution in [0.1, 0.15) is 32.6 Å². The van der Waals surface area contributed by atoms with E-state index in [1.165, 1.54) is 36.8 Å². The van der Waals surface area contributed by atoms with Crippen LogP contribution in [0.5, 0.6) is 0 Å². The van der Waals surface area contributed by atoms with Gasteiger partial charge in [0.15, 0.2) is 0 Å². The zero-order valence-electron chi connectivity index (χ0n) is 16.7. The summed E-state index contributed by atoms with van der Waals surface area (Å²) in [5.41, 5.74) is 1.40. The van der Waals surface area contributed by atoms with Crippen LogP contribution in [0.25, 0.3) is 6.08 Å². The molecule has 0 aliphatic heterocycles. The molecule has 2 amide bonds. The summed E-state index contributed by atoms with van der Waals surface area (Å²) in [7, 11) is 0. The Bertz CT molecular complexity index is 1130. The number of alkyl halides is 3. The number of halogens is 3. The Hall–Kier alpha value is -3.81. The highest BCUT2D eigenvalue weighted by Crippen LogP contribution is 2.36. The molecule has 0 spiro atoms. The minimum Gasteiger partial charge on any atom is -0.472 e. The van der Waals surface area contributed by atoms with Gasteiger partial charge < -0.3 is 15.1 Å². The van der Waals surface area contributed by atoms with E-state index in [2.05, 4.69) is 10.6 Å². The SMILES string of the molecule is Cc1ccc(/C=C/C(=O)Nc2ccc(NC(=O)c3ccoc3)cc2C(F)(F)F)c(C)c1. The molecule has 0 atom stereocenters. The van der Waals surface area contributed by atoms with Crippen molar-refractivity contribution in [1.29, 1.82) is 0 Å². The Balaban J connectivity index is 1.79. The first-order valence-corrected chi connectivity index (χ1v) is 9.24. The molecule has 0 unspecified atom stereocenters. The zero-order chi connectivity index (χ0) is 22.6. The van der Waals surface area contributed by atoms with Crippen molar-refractivity contribution in [3.05, 3.63) is 88.9 Å². The minimum absolute atomic E-state index is 0.0673. The van der Waals surface area contributed by atoms with E-state index >= 15 is 0 Å². The fraction of sp³-hybridized carbons (Fsp3) is 0.130. The maximum Gasteiger partial charge on any atom is 0.418 e. The van der Waals surface area contributed by atoms with Crippen LogP contribution in [0.3, 0.4) is 0 Å². The van der Waals surface area contributed by atoms with Crippen LogP contribution >= 0.6 is 0 Å². The Labute approximate surface area is 176 Å². The third kappa shape index (κ3) is 5.63. The van der Waals surface area contributed by atoms with E-state index < -0.39 is 29.2 Å². The summed E-state index contributed by atoms with van der Waals surface area (Å²) in [4.78, 5) is 24.3. The van der Waals surface area contributed by atoms with Gasteiger partial charge in [0.2, 0.25) is 5.91 Å². The smallest absolute Gasteiger partial charge is 0.418 e. The van der Waals surface area contributed by atoms with E-state index in [1.54, 1.807) is 0 Å². The van der Waals surface area contributed by atoms with Gasteiger partial charge in [-0.3, -0.25) is 9.59 Å². The third-order valence-corrected chi connectivity index (χ3v) is 4.46. The van der Waals surface area contributed by atoms with Crippen molar-refractivity contribution < 1.29 is 27.2 Å². The molecule has 160 valence electrons. The van der Waals surface area contributed by atoms with Crippen molar-refractivity contribution in [3.8, 4) is 0 Å². The molecule has 8 heteroatoms. The van der Waals surface area contributed by atoms with Crippen molar-refractivity contribution in [2.24, 2.45) is 0 Å². The average Bonchev–Trinajstić information content (AvgIpc) is 3.22. The van der Waals surface area contributed by atoms with Gasteiger partial charge >= 0.3 is 6.18 Å². The molecule has 0 fully saturated rings. The number of hydrogen-bond acceptors (Lipinski definition) is 3. The molecule has 0 saturated carbocycles. The van der Waals surface area contributed by atoms with E-state index in [-0.39, 0.29) is 11.3 Å². The van der Waals surface area contributed by atoms with Gasteiger partial charge in [-0.1, -0.05) is 23.8 Å². The summed E-state index contributed by atoms with van der Waals surface area (Å²) in [6, 6.07) is 10.2. The number of carbonyl (C=O) groups excluding carboxylic acids is 2. The number of benzene rings is 2. The molecule has 0 aliphatic rings. The summed E-state index contributed by atoms with van der Waals surface area (Å²) < 4.78 is 45.4. The molecule has 3 aromatic rings. The maximum absolute atomic E-state index is 13.5. The number of furan rings is 1. The van der Waals surface area contributed by atoms with Gasteiger partial charge in [-0.15, -0.1) is 0 Å². The molecule has 0 aliphatic carbocycles. The van der Waals surface area contributed by atoms with Crippen LogP contribution < -0.4 is 10.6 Å². The van der Waals surface area contributed by atoms with Gasteiger partial charge in [-0.05, 0) is 55.3 Å². The van der Waals surface area contributed by atoms with Crippen molar-refractivity contribution >= 4 is 29.3 Å². The molecule has 31 heavy (non-hydrogen) atoms. The van der Waals surface area contributed by atoms with Gasteiger partial charge in [0.25, 0.3) is 5.91 Å². The van der Waals surface area contributed by atoms with Gasteiger partial charge in [-0.2, -0.15) is 13.2 Å². The number of aryl methyl sites for hydroxylation is 2. The first-order valence-electron chi connectivity index (χ1n) is 9.24. The Morgan fingerprint density at radius 3 is 2.42 bits per heavy atom. The fourth-order valence-electron chi connectivity index (χ4n) is 2.91. The Morgan fingerprint density at radius 1 is 1.00 bits per heavy atom. The molecule has 2 N–H and O–H groups in total. The van der Waals surface area contributed by atoms with Crippen LogP contribution in [0.2, 0.25) is 0 Å². The molecule has 1 heterocycles. The maximum atomic E-state index is 13.5. The molecule has 0 bridgehead atoms. The zero-order valence-corrected chi connectivity index (χ0v) is 16.7. The van der Waals surface area contributed by atoms with Crippen LogP contribution in [0.4, 0.5) is 24.5 Å². The summed E-state index contributed by atoms with van der Waals surface area (Å²) >= 11 is 0. The van der Waals surface area contributed by atoms with Crippen LogP contribution in [0, 0.1) is 13.8 Å². The highest BCUT2D eigenvalue weighted by molar-refractivity contribution is 6.05. The van der Waals surface area contributed by atoms with E-state index in [1.807, 2.05) is 32.0 Å². The van der Waals surface area contributed by atoms with Crippen molar-refractivity contribution in [2.75, 3.05) is 10.6 Å². The molecular formula is C23H19F3N2O3.